The Bertz CT molecular complexity index is 698. The lowest BCUT2D eigenvalue weighted by atomic mass is 10.2. The molecule has 0 aliphatic heterocycles. The number of H-pyrrole nitrogens is 2. The maximum absolute atomic E-state index is 12.6. The van der Waals surface area contributed by atoms with E-state index in [4.69, 9.17) is 0 Å². The molecule has 0 bridgehead atoms. The molecule has 6 nitrogen and oxygen atoms in total. The van der Waals surface area contributed by atoms with Crippen LogP contribution in [0.3, 0.4) is 0 Å². The van der Waals surface area contributed by atoms with Crippen LogP contribution in [-0.2, 0) is 19.1 Å². The standard InChI is InChI=1S/C11H11F3N4O2/c12-11(13,14)9-3-4-15-18(9)5-1-2-7-6-8(19)10(20)17-16-7/h3-4,6H,1-2,5H2,(H,16,19)(H,17,20). The van der Waals surface area contributed by atoms with Gasteiger partial charge in [0.1, 0.15) is 5.69 Å². The molecule has 108 valence electrons. The lowest BCUT2D eigenvalue weighted by Crippen LogP contribution is -2.27. The van der Waals surface area contributed by atoms with E-state index in [-0.39, 0.29) is 6.54 Å². The Morgan fingerprint density at radius 3 is 2.65 bits per heavy atom. The van der Waals surface area contributed by atoms with E-state index in [1.165, 1.54) is 0 Å². The summed E-state index contributed by atoms with van der Waals surface area (Å²) >= 11 is 0. The first kappa shape index (κ1) is 14.1. The van der Waals surface area contributed by atoms with Gasteiger partial charge in [0.15, 0.2) is 0 Å². The first-order valence-electron chi connectivity index (χ1n) is 5.78. The summed E-state index contributed by atoms with van der Waals surface area (Å²) < 4.78 is 38.6. The van der Waals surface area contributed by atoms with Crippen molar-refractivity contribution in [1.82, 2.24) is 20.0 Å². The first-order valence-corrected chi connectivity index (χ1v) is 5.78. The van der Waals surface area contributed by atoms with E-state index in [2.05, 4.69) is 15.3 Å². The molecular weight excluding hydrogens is 277 g/mol. The first-order chi connectivity index (χ1) is 9.38. The highest BCUT2D eigenvalue weighted by Gasteiger charge is 2.34. The number of alkyl halides is 3. The number of nitrogens with zero attached hydrogens (tertiary/aromatic N) is 2. The van der Waals surface area contributed by atoms with Crippen molar-refractivity contribution in [2.75, 3.05) is 0 Å². The predicted octanol–water partition coefficient (Wildman–Crippen LogP) is 0.911. The predicted molar refractivity (Wildman–Crippen MR) is 63.2 cm³/mol. The number of rotatable bonds is 4. The van der Waals surface area contributed by atoms with Gasteiger partial charge in [0.2, 0.25) is 5.43 Å². The maximum atomic E-state index is 12.6. The Balaban J connectivity index is 2.00. The smallest absolute Gasteiger partial charge is 0.302 e. The average molecular weight is 288 g/mol. The molecule has 0 atom stereocenters. The van der Waals surface area contributed by atoms with Crippen molar-refractivity contribution in [3.63, 3.8) is 0 Å². The monoisotopic (exact) mass is 288 g/mol. The van der Waals surface area contributed by atoms with Gasteiger partial charge >= 0.3 is 11.7 Å². The van der Waals surface area contributed by atoms with E-state index in [0.717, 1.165) is 23.0 Å². The van der Waals surface area contributed by atoms with E-state index in [0.29, 0.717) is 18.5 Å². The van der Waals surface area contributed by atoms with Gasteiger partial charge in [-0.25, -0.2) is 0 Å². The number of hydrogen-bond acceptors (Lipinski definition) is 3. The normalized spacial score (nSPS) is 11.8. The molecule has 0 unspecified atom stereocenters. The molecule has 0 fully saturated rings. The molecule has 0 spiro atoms. The fourth-order valence-corrected chi connectivity index (χ4v) is 1.76. The molecule has 0 radical (unpaired) electrons. The fraction of sp³-hybridized carbons (Fsp3) is 0.364. The van der Waals surface area contributed by atoms with Crippen molar-refractivity contribution in [3.05, 3.63) is 50.3 Å². The van der Waals surface area contributed by atoms with Crippen molar-refractivity contribution in [2.45, 2.75) is 25.6 Å². The Kier molecular flexibility index (Phi) is 3.77. The molecule has 2 rings (SSSR count). The molecule has 0 aliphatic rings. The van der Waals surface area contributed by atoms with Crippen molar-refractivity contribution in [1.29, 1.82) is 0 Å². The molecule has 0 saturated carbocycles. The molecule has 0 aromatic carbocycles. The zero-order valence-corrected chi connectivity index (χ0v) is 10.2. The van der Waals surface area contributed by atoms with Crippen LogP contribution in [0.15, 0.2) is 27.9 Å². The zero-order valence-electron chi connectivity index (χ0n) is 10.2. The summed E-state index contributed by atoms with van der Waals surface area (Å²) in [5, 5.41) is 8.28. The van der Waals surface area contributed by atoms with Crippen LogP contribution < -0.4 is 11.0 Å². The second-order valence-electron chi connectivity index (χ2n) is 4.15. The molecule has 2 aromatic rings. The van der Waals surface area contributed by atoms with Gasteiger partial charge in [-0.05, 0) is 18.9 Å². The Morgan fingerprint density at radius 2 is 2.00 bits per heavy atom. The van der Waals surface area contributed by atoms with Crippen molar-refractivity contribution in [2.24, 2.45) is 0 Å². The van der Waals surface area contributed by atoms with Gasteiger partial charge in [-0.2, -0.15) is 18.3 Å². The van der Waals surface area contributed by atoms with Gasteiger partial charge in [0.05, 0.1) is 0 Å². The fourth-order valence-electron chi connectivity index (χ4n) is 1.76. The van der Waals surface area contributed by atoms with Gasteiger partial charge in [0, 0.05) is 24.5 Å². The summed E-state index contributed by atoms with van der Waals surface area (Å²) in [7, 11) is 0. The molecular formula is C11H11F3N4O2. The molecule has 2 N–H and O–H groups in total. The number of aromatic amines is 2. The highest BCUT2D eigenvalue weighted by Crippen LogP contribution is 2.28. The molecule has 2 aromatic heterocycles. The van der Waals surface area contributed by atoms with E-state index >= 15 is 0 Å². The van der Waals surface area contributed by atoms with Crippen molar-refractivity contribution >= 4 is 0 Å². The minimum absolute atomic E-state index is 0.0585. The largest absolute Gasteiger partial charge is 0.433 e. The van der Waals surface area contributed by atoms with Gasteiger partial charge in [-0.15, -0.1) is 0 Å². The van der Waals surface area contributed by atoms with Crippen LogP contribution in [0.1, 0.15) is 17.8 Å². The Labute approximate surface area is 110 Å². The third-order valence-corrected chi connectivity index (χ3v) is 2.69. The van der Waals surface area contributed by atoms with Gasteiger partial charge in [-0.3, -0.25) is 19.4 Å². The second kappa shape index (κ2) is 5.35. The van der Waals surface area contributed by atoms with Crippen LogP contribution >= 0.6 is 0 Å². The molecule has 20 heavy (non-hydrogen) atoms. The molecule has 0 amide bonds. The molecule has 2 heterocycles. The summed E-state index contributed by atoms with van der Waals surface area (Å²) in [4.78, 5) is 21.9. The summed E-state index contributed by atoms with van der Waals surface area (Å²) in [6, 6.07) is 2.04. The molecule has 0 aliphatic carbocycles. The summed E-state index contributed by atoms with van der Waals surface area (Å²) in [5.74, 6) is 0. The summed E-state index contributed by atoms with van der Waals surface area (Å²) in [6.07, 6.45) is -2.69. The quantitative estimate of drug-likeness (QED) is 0.820. The minimum Gasteiger partial charge on any atom is -0.302 e. The lowest BCUT2D eigenvalue weighted by molar-refractivity contribution is -0.144. The number of hydrogen-bond donors (Lipinski definition) is 2. The van der Waals surface area contributed by atoms with E-state index in [1.54, 1.807) is 0 Å². The molecule has 9 heteroatoms. The Hall–Kier alpha value is -2.32. The summed E-state index contributed by atoms with van der Waals surface area (Å²) in [6.45, 7) is 0.0585. The van der Waals surface area contributed by atoms with Gasteiger partial charge in [0.25, 0.3) is 0 Å². The number of halogens is 3. The van der Waals surface area contributed by atoms with E-state index in [9.17, 15) is 22.8 Å². The SMILES string of the molecule is O=c1cc(CCCn2nccc2C(F)(F)F)[nH][nH]c1=O. The third-order valence-electron chi connectivity index (χ3n) is 2.69. The third kappa shape index (κ3) is 3.16. The number of nitrogens with one attached hydrogen (secondary N) is 2. The average Bonchev–Trinajstić information content (AvgIpc) is 2.82. The van der Waals surface area contributed by atoms with Gasteiger partial charge < -0.3 is 5.10 Å². The van der Waals surface area contributed by atoms with Crippen molar-refractivity contribution in [3.8, 4) is 0 Å². The highest BCUT2D eigenvalue weighted by molar-refractivity contribution is 5.05. The summed E-state index contributed by atoms with van der Waals surface area (Å²) in [5.41, 5.74) is -1.81. The van der Waals surface area contributed by atoms with Crippen LogP contribution in [-0.4, -0.2) is 20.0 Å². The van der Waals surface area contributed by atoms with Crippen LogP contribution in [0, 0.1) is 0 Å². The van der Waals surface area contributed by atoms with Crippen LogP contribution in [0.2, 0.25) is 0 Å². The number of aryl methyl sites for hydroxylation is 2. The minimum atomic E-state index is -4.44. The molecule has 0 saturated heterocycles. The zero-order chi connectivity index (χ0) is 14.8. The van der Waals surface area contributed by atoms with Crippen LogP contribution in [0.5, 0.6) is 0 Å². The van der Waals surface area contributed by atoms with E-state index in [1.807, 2.05) is 0 Å². The van der Waals surface area contributed by atoms with E-state index < -0.39 is 22.9 Å². The Morgan fingerprint density at radius 1 is 1.25 bits per heavy atom. The lowest BCUT2D eigenvalue weighted by Gasteiger charge is -2.10. The number of aromatic nitrogens is 4. The highest BCUT2D eigenvalue weighted by atomic mass is 19.4. The van der Waals surface area contributed by atoms with Crippen molar-refractivity contribution < 1.29 is 13.2 Å². The topological polar surface area (TPSA) is 83.5 Å². The van der Waals surface area contributed by atoms with Gasteiger partial charge in [-0.1, -0.05) is 0 Å². The second-order valence-corrected chi connectivity index (χ2v) is 4.15. The van der Waals surface area contributed by atoms with Crippen LogP contribution in [0.4, 0.5) is 13.2 Å². The van der Waals surface area contributed by atoms with Crippen LogP contribution in [0.25, 0.3) is 0 Å². The maximum Gasteiger partial charge on any atom is 0.433 e.